The molecule has 2 atom stereocenters. The van der Waals surface area contributed by atoms with E-state index in [1.54, 1.807) is 0 Å². The van der Waals surface area contributed by atoms with Gasteiger partial charge in [0.15, 0.2) is 0 Å². The van der Waals surface area contributed by atoms with Crippen LogP contribution in [-0.2, 0) is 27.9 Å². The number of quaternary nitrogens is 1. The lowest BCUT2D eigenvalue weighted by Crippen LogP contribution is -2.37. The van der Waals surface area contributed by atoms with E-state index in [1.165, 1.54) is 154 Å². The fraction of sp³-hybridized carbons (Fsp3) is 0.932. The summed E-state index contributed by atoms with van der Waals surface area (Å²) in [7, 11) is 1.67. The summed E-state index contributed by atoms with van der Waals surface area (Å²) in [6.07, 6.45) is 40.9. The van der Waals surface area contributed by atoms with Crippen molar-refractivity contribution in [3.8, 4) is 0 Å². The number of likely N-dealkylation sites (N-methyl/N-ethyl adjacent to an activating group) is 1. The minimum absolute atomic E-state index is 0.0907. The number of esters is 1. The van der Waals surface area contributed by atoms with Crippen molar-refractivity contribution in [2.75, 3.05) is 54.1 Å². The van der Waals surface area contributed by atoms with Gasteiger partial charge in [-0.3, -0.25) is 13.8 Å². The summed E-state index contributed by atoms with van der Waals surface area (Å²) >= 11 is 0. The van der Waals surface area contributed by atoms with Crippen LogP contribution in [0.15, 0.2) is 12.2 Å². The number of phosphoric acid groups is 1. The molecule has 1 N–H and O–H groups in total. The SMILES string of the molecule is CCCCCCC/C=C\CCCCCCCCOCC(COP(=O)(O)OCC[N+](C)(C)C)OC(=O)CCCCCCCCCCCCCCCCCC. The van der Waals surface area contributed by atoms with Gasteiger partial charge in [-0.1, -0.05) is 174 Å². The van der Waals surface area contributed by atoms with Crippen molar-refractivity contribution in [2.45, 2.75) is 213 Å². The molecule has 316 valence electrons. The third-order valence-corrected chi connectivity index (χ3v) is 10.8. The minimum atomic E-state index is -4.27. The number of phosphoric ester groups is 1. The number of carbonyl (C=O) groups excluding carboxylic acids is 1. The number of nitrogens with zero attached hydrogens (tertiary/aromatic N) is 1. The zero-order chi connectivity index (χ0) is 39.1. The molecule has 0 aliphatic rings. The first kappa shape index (κ1) is 52.2. The van der Waals surface area contributed by atoms with E-state index in [-0.39, 0.29) is 25.8 Å². The molecule has 2 unspecified atom stereocenters. The van der Waals surface area contributed by atoms with Crippen LogP contribution in [0.1, 0.15) is 206 Å². The zero-order valence-electron chi connectivity index (χ0n) is 35.8. The third-order valence-electron chi connectivity index (χ3n) is 9.83. The van der Waals surface area contributed by atoms with E-state index in [0.29, 0.717) is 24.1 Å². The summed E-state index contributed by atoms with van der Waals surface area (Å²) in [5.41, 5.74) is 0. The van der Waals surface area contributed by atoms with Crippen molar-refractivity contribution in [3.63, 3.8) is 0 Å². The number of hydrogen-bond acceptors (Lipinski definition) is 6. The van der Waals surface area contributed by atoms with Crippen LogP contribution < -0.4 is 0 Å². The van der Waals surface area contributed by atoms with E-state index >= 15 is 0 Å². The van der Waals surface area contributed by atoms with E-state index in [9.17, 15) is 14.3 Å². The highest BCUT2D eigenvalue weighted by molar-refractivity contribution is 7.47. The number of unbranched alkanes of at least 4 members (excludes halogenated alkanes) is 26. The standard InChI is InChI=1S/C44H88NO7P/c1-6-8-10-12-14-16-18-20-22-23-25-27-29-31-33-35-37-44(46)52-43(42-51-53(47,48)50-40-38-45(3,4)5)41-49-39-36-34-32-30-28-26-24-21-19-17-15-13-11-9-7-2/h19,21,43H,6-18,20,22-42H2,1-5H3/p+1/b21-19-. The monoisotopic (exact) mass is 775 g/mol. The second-order valence-electron chi connectivity index (χ2n) is 16.4. The lowest BCUT2D eigenvalue weighted by atomic mass is 10.0. The summed E-state index contributed by atoms with van der Waals surface area (Å²) in [6.45, 7) is 5.64. The molecule has 0 aromatic rings. The normalized spacial score (nSPS) is 13.8. The molecule has 9 heteroatoms. The number of ether oxygens (including phenoxy) is 2. The van der Waals surface area contributed by atoms with E-state index in [4.69, 9.17) is 18.5 Å². The Morgan fingerprint density at radius 1 is 0.566 bits per heavy atom. The Bertz CT molecular complexity index is 863. The maximum atomic E-state index is 12.7. The van der Waals surface area contributed by atoms with Crippen LogP contribution in [0.25, 0.3) is 0 Å². The highest BCUT2D eigenvalue weighted by Gasteiger charge is 2.26. The van der Waals surface area contributed by atoms with Gasteiger partial charge in [-0.2, -0.15) is 0 Å². The predicted molar refractivity (Wildman–Crippen MR) is 224 cm³/mol. The van der Waals surface area contributed by atoms with Crippen molar-refractivity contribution in [1.29, 1.82) is 0 Å². The van der Waals surface area contributed by atoms with Crippen molar-refractivity contribution in [3.05, 3.63) is 12.2 Å². The Labute approximate surface area is 329 Å². The molecule has 0 aliphatic carbocycles. The summed E-state index contributed by atoms with van der Waals surface area (Å²) in [6, 6.07) is 0. The average molecular weight is 775 g/mol. The van der Waals surface area contributed by atoms with Gasteiger partial charge in [0.2, 0.25) is 0 Å². The number of allylic oxidation sites excluding steroid dienone is 2. The van der Waals surface area contributed by atoms with Crippen LogP contribution in [0.5, 0.6) is 0 Å². The molecule has 0 heterocycles. The van der Waals surface area contributed by atoms with Crippen LogP contribution in [0.2, 0.25) is 0 Å². The molecule has 0 aliphatic heterocycles. The molecule has 0 aromatic heterocycles. The first-order chi connectivity index (χ1) is 25.6. The topological polar surface area (TPSA) is 91.3 Å². The first-order valence-electron chi connectivity index (χ1n) is 22.4. The molecule has 0 amide bonds. The van der Waals surface area contributed by atoms with Crippen molar-refractivity contribution >= 4 is 13.8 Å². The van der Waals surface area contributed by atoms with Gasteiger partial charge in [-0.05, 0) is 38.5 Å². The molecule has 0 saturated heterocycles. The number of carbonyl (C=O) groups is 1. The van der Waals surface area contributed by atoms with Crippen molar-refractivity contribution in [1.82, 2.24) is 0 Å². The van der Waals surface area contributed by atoms with Crippen LogP contribution in [0.4, 0.5) is 0 Å². The van der Waals surface area contributed by atoms with Gasteiger partial charge in [-0.25, -0.2) is 4.57 Å². The summed E-state index contributed by atoms with van der Waals surface area (Å²) < 4.78 is 35.0. The lowest BCUT2D eigenvalue weighted by Gasteiger charge is -2.24. The summed E-state index contributed by atoms with van der Waals surface area (Å²) in [5, 5.41) is 0. The molecular formula is C44H89NO7P+. The maximum Gasteiger partial charge on any atom is 0.472 e. The van der Waals surface area contributed by atoms with Gasteiger partial charge < -0.3 is 18.9 Å². The Balaban J connectivity index is 4.20. The molecular weight excluding hydrogens is 685 g/mol. The van der Waals surface area contributed by atoms with E-state index in [0.717, 1.165) is 32.1 Å². The van der Waals surface area contributed by atoms with E-state index in [1.807, 2.05) is 21.1 Å². The average Bonchev–Trinajstić information content (AvgIpc) is 3.11. The molecule has 0 radical (unpaired) electrons. The van der Waals surface area contributed by atoms with Gasteiger partial charge in [0.25, 0.3) is 0 Å². The largest absolute Gasteiger partial charge is 0.472 e. The van der Waals surface area contributed by atoms with Gasteiger partial charge in [0.05, 0.1) is 34.4 Å². The van der Waals surface area contributed by atoms with Crippen LogP contribution in [0.3, 0.4) is 0 Å². The molecule has 0 saturated carbocycles. The Kier molecular flexibility index (Phi) is 37.6. The van der Waals surface area contributed by atoms with Crippen molar-refractivity contribution in [2.24, 2.45) is 0 Å². The van der Waals surface area contributed by atoms with E-state index < -0.39 is 13.9 Å². The molecule has 0 fully saturated rings. The lowest BCUT2D eigenvalue weighted by molar-refractivity contribution is -0.870. The number of hydrogen-bond donors (Lipinski definition) is 1. The first-order valence-corrected chi connectivity index (χ1v) is 23.9. The minimum Gasteiger partial charge on any atom is -0.457 e. The number of rotatable bonds is 42. The fourth-order valence-corrected chi connectivity index (χ4v) is 7.05. The van der Waals surface area contributed by atoms with Crippen molar-refractivity contribution < 1.29 is 37.3 Å². The van der Waals surface area contributed by atoms with Gasteiger partial charge in [0.1, 0.15) is 19.3 Å². The molecule has 0 rings (SSSR count). The van der Waals surface area contributed by atoms with Gasteiger partial charge in [0, 0.05) is 13.0 Å². The van der Waals surface area contributed by atoms with Gasteiger partial charge >= 0.3 is 13.8 Å². The second-order valence-corrected chi connectivity index (χ2v) is 17.9. The summed E-state index contributed by atoms with van der Waals surface area (Å²) in [4.78, 5) is 22.9. The molecule has 0 spiro atoms. The molecule has 0 aromatic carbocycles. The highest BCUT2D eigenvalue weighted by Crippen LogP contribution is 2.43. The molecule has 0 bridgehead atoms. The Morgan fingerprint density at radius 3 is 1.43 bits per heavy atom. The highest BCUT2D eigenvalue weighted by atomic mass is 31.2. The van der Waals surface area contributed by atoms with Crippen LogP contribution in [0, 0.1) is 0 Å². The van der Waals surface area contributed by atoms with Crippen LogP contribution in [-0.4, -0.2) is 75.6 Å². The third kappa shape index (κ3) is 42.2. The quantitative estimate of drug-likeness (QED) is 0.0217. The zero-order valence-corrected chi connectivity index (χ0v) is 36.7. The van der Waals surface area contributed by atoms with Gasteiger partial charge in [-0.15, -0.1) is 0 Å². The Morgan fingerprint density at radius 2 is 0.981 bits per heavy atom. The molecule has 53 heavy (non-hydrogen) atoms. The van der Waals surface area contributed by atoms with Crippen LogP contribution >= 0.6 is 7.82 Å². The predicted octanol–water partition coefficient (Wildman–Crippen LogP) is 13.1. The van der Waals surface area contributed by atoms with E-state index in [2.05, 4.69) is 26.0 Å². The second kappa shape index (κ2) is 38.1. The molecule has 8 nitrogen and oxygen atoms in total. The Hall–Kier alpha value is -0.760. The smallest absolute Gasteiger partial charge is 0.457 e. The summed E-state index contributed by atoms with van der Waals surface area (Å²) in [5.74, 6) is -0.312. The fourth-order valence-electron chi connectivity index (χ4n) is 6.31. The maximum absolute atomic E-state index is 12.7.